The van der Waals surface area contributed by atoms with Crippen molar-refractivity contribution in [2.24, 2.45) is 0 Å². The second-order valence-electron chi connectivity index (χ2n) is 6.99. The highest BCUT2D eigenvalue weighted by Gasteiger charge is 2.12. The fourth-order valence-electron chi connectivity index (χ4n) is 2.82. The van der Waals surface area contributed by atoms with Crippen molar-refractivity contribution in [3.63, 3.8) is 0 Å². The minimum Gasteiger partial charge on any atom is -0.491 e. The van der Waals surface area contributed by atoms with Crippen LogP contribution in [0.5, 0.6) is 5.75 Å². The predicted octanol–water partition coefficient (Wildman–Crippen LogP) is 7.45. The number of benzene rings is 2. The largest absolute Gasteiger partial charge is 0.491 e. The zero-order valence-electron chi connectivity index (χ0n) is 17.0. The Morgan fingerprint density at radius 1 is 1.07 bits per heavy atom. The van der Waals surface area contributed by atoms with Crippen molar-refractivity contribution in [2.45, 2.75) is 69.1 Å². The van der Waals surface area contributed by atoms with Crippen LogP contribution in [0, 0.1) is 10.5 Å². The first kappa shape index (κ1) is 23.1. The summed E-state index contributed by atoms with van der Waals surface area (Å²) in [6.45, 7) is 6.53. The van der Waals surface area contributed by atoms with Gasteiger partial charge in [0.25, 0.3) is 0 Å². The van der Waals surface area contributed by atoms with Gasteiger partial charge in [-0.25, -0.2) is 0 Å². The molecule has 0 saturated heterocycles. The van der Waals surface area contributed by atoms with Crippen LogP contribution < -0.4 is 10.1 Å². The first-order valence-corrected chi connectivity index (χ1v) is 11.9. The lowest BCUT2D eigenvalue weighted by Gasteiger charge is -2.15. The number of hydrogen-bond donors (Lipinski definition) is 1. The number of rotatable bonds is 11. The molecule has 2 rings (SSSR count). The van der Waals surface area contributed by atoms with Crippen molar-refractivity contribution < 1.29 is 9.53 Å². The number of aryl methyl sites for hydroxylation is 1. The van der Waals surface area contributed by atoms with Crippen molar-refractivity contribution >= 4 is 45.9 Å². The van der Waals surface area contributed by atoms with Crippen LogP contribution in [-0.2, 0) is 4.79 Å². The zero-order chi connectivity index (χ0) is 20.4. The van der Waals surface area contributed by atoms with Crippen LogP contribution >= 0.6 is 34.4 Å². The molecule has 2 aromatic rings. The average Bonchev–Trinajstić information content (AvgIpc) is 2.65. The third-order valence-electron chi connectivity index (χ3n) is 4.35. The second kappa shape index (κ2) is 12.4. The van der Waals surface area contributed by atoms with E-state index in [4.69, 9.17) is 4.74 Å². The molecule has 0 bridgehead atoms. The molecule has 0 heterocycles. The number of anilines is 1. The molecule has 0 aromatic heterocycles. The number of nitrogens with one attached hydrogen (secondary N) is 1. The van der Waals surface area contributed by atoms with Gasteiger partial charge < -0.3 is 10.1 Å². The summed E-state index contributed by atoms with van der Waals surface area (Å²) in [6.07, 6.45) is 7.37. The zero-order valence-corrected chi connectivity index (χ0v) is 20.0. The molecule has 152 valence electrons. The number of halogens is 1. The topological polar surface area (TPSA) is 38.3 Å². The molecule has 0 aliphatic rings. The van der Waals surface area contributed by atoms with Gasteiger partial charge in [-0.05, 0) is 60.2 Å². The number of ether oxygens (including phenoxy) is 1. The van der Waals surface area contributed by atoms with E-state index in [0.29, 0.717) is 6.61 Å². The molecule has 0 radical (unpaired) electrons. The fourth-order valence-corrected chi connectivity index (χ4v) is 4.45. The monoisotopic (exact) mass is 511 g/mol. The van der Waals surface area contributed by atoms with Crippen molar-refractivity contribution in [3.8, 4) is 5.75 Å². The lowest BCUT2D eigenvalue weighted by atomic mass is 10.1. The van der Waals surface area contributed by atoms with E-state index < -0.39 is 0 Å². The summed E-state index contributed by atoms with van der Waals surface area (Å²) in [7, 11) is 0. The summed E-state index contributed by atoms with van der Waals surface area (Å²) >= 11 is 4.04. The SMILES string of the molecule is CCCCCCCCOc1cc(I)c(Sc2ccc(C)cc2)cc1NC(C)=O. The summed E-state index contributed by atoms with van der Waals surface area (Å²) in [5.74, 6) is 0.665. The van der Waals surface area contributed by atoms with Crippen LogP contribution in [0.3, 0.4) is 0 Å². The van der Waals surface area contributed by atoms with Gasteiger partial charge in [0.05, 0.1) is 12.3 Å². The maximum Gasteiger partial charge on any atom is 0.221 e. The van der Waals surface area contributed by atoms with Gasteiger partial charge in [0.2, 0.25) is 5.91 Å². The number of carbonyl (C=O) groups is 1. The summed E-state index contributed by atoms with van der Waals surface area (Å²) in [5, 5.41) is 2.92. The Balaban J connectivity index is 2.04. The second-order valence-corrected chi connectivity index (χ2v) is 9.27. The van der Waals surface area contributed by atoms with Crippen LogP contribution in [0.25, 0.3) is 0 Å². The molecular weight excluding hydrogens is 481 g/mol. The molecule has 0 atom stereocenters. The number of unbranched alkanes of at least 4 members (excludes halogenated alkanes) is 5. The van der Waals surface area contributed by atoms with Gasteiger partial charge in [0, 0.05) is 20.3 Å². The Labute approximate surface area is 187 Å². The molecular formula is C23H30INO2S. The van der Waals surface area contributed by atoms with Gasteiger partial charge in [0.15, 0.2) is 0 Å². The smallest absolute Gasteiger partial charge is 0.221 e. The molecule has 1 N–H and O–H groups in total. The molecule has 0 unspecified atom stereocenters. The average molecular weight is 511 g/mol. The Morgan fingerprint density at radius 2 is 1.75 bits per heavy atom. The molecule has 0 aliphatic heterocycles. The molecule has 28 heavy (non-hydrogen) atoms. The van der Waals surface area contributed by atoms with Crippen LogP contribution in [0.4, 0.5) is 5.69 Å². The van der Waals surface area contributed by atoms with Crippen molar-refractivity contribution in [1.82, 2.24) is 0 Å². The van der Waals surface area contributed by atoms with Crippen LogP contribution in [0.1, 0.15) is 57.9 Å². The first-order chi connectivity index (χ1) is 13.5. The van der Waals surface area contributed by atoms with Gasteiger partial charge in [-0.1, -0.05) is 68.5 Å². The van der Waals surface area contributed by atoms with Gasteiger partial charge in [-0.15, -0.1) is 0 Å². The minimum absolute atomic E-state index is 0.0862. The molecule has 2 aromatic carbocycles. The van der Waals surface area contributed by atoms with E-state index in [0.717, 1.165) is 26.3 Å². The Morgan fingerprint density at radius 3 is 2.43 bits per heavy atom. The third-order valence-corrected chi connectivity index (χ3v) is 6.67. The number of carbonyl (C=O) groups excluding carboxylic acids is 1. The van der Waals surface area contributed by atoms with E-state index in [1.165, 1.54) is 49.5 Å². The lowest BCUT2D eigenvalue weighted by molar-refractivity contribution is -0.114. The maximum atomic E-state index is 11.7. The molecule has 1 amide bonds. The molecule has 5 heteroatoms. The summed E-state index contributed by atoms with van der Waals surface area (Å²) in [6, 6.07) is 12.5. The molecule has 3 nitrogen and oxygen atoms in total. The van der Waals surface area contributed by atoms with Gasteiger partial charge >= 0.3 is 0 Å². The number of amides is 1. The summed E-state index contributed by atoms with van der Waals surface area (Å²) in [4.78, 5) is 13.9. The normalized spacial score (nSPS) is 10.7. The van der Waals surface area contributed by atoms with Crippen molar-refractivity contribution in [2.75, 3.05) is 11.9 Å². The summed E-state index contributed by atoms with van der Waals surface area (Å²) in [5.41, 5.74) is 1.99. The predicted molar refractivity (Wildman–Crippen MR) is 128 cm³/mol. The minimum atomic E-state index is -0.0862. The van der Waals surface area contributed by atoms with Crippen LogP contribution in [0.15, 0.2) is 46.2 Å². The standard InChI is InChI=1S/C23H30INO2S/c1-4-5-6-7-8-9-14-27-22-15-20(24)23(16-21(22)25-18(3)26)28-19-12-10-17(2)11-13-19/h10-13,15-16H,4-9,14H2,1-3H3,(H,25,26). The van der Waals surface area contributed by atoms with Gasteiger partial charge in [0.1, 0.15) is 5.75 Å². The van der Waals surface area contributed by atoms with E-state index in [-0.39, 0.29) is 5.91 Å². The Hall–Kier alpha value is -1.21. The maximum absolute atomic E-state index is 11.7. The van der Waals surface area contributed by atoms with E-state index in [2.05, 4.69) is 66.0 Å². The molecule has 0 aliphatic carbocycles. The molecule has 0 fully saturated rings. The molecule has 0 spiro atoms. The van der Waals surface area contributed by atoms with Crippen LogP contribution in [0.2, 0.25) is 0 Å². The Bertz CT molecular complexity index is 762. The van der Waals surface area contributed by atoms with Gasteiger partial charge in [-0.2, -0.15) is 0 Å². The highest BCUT2D eigenvalue weighted by molar-refractivity contribution is 14.1. The highest BCUT2D eigenvalue weighted by atomic mass is 127. The molecule has 0 saturated carbocycles. The quantitative estimate of drug-likeness (QED) is 0.252. The Kier molecular flexibility index (Phi) is 10.2. The first-order valence-electron chi connectivity index (χ1n) is 9.98. The highest BCUT2D eigenvalue weighted by Crippen LogP contribution is 2.38. The van der Waals surface area contributed by atoms with E-state index >= 15 is 0 Å². The van der Waals surface area contributed by atoms with E-state index in [9.17, 15) is 4.79 Å². The van der Waals surface area contributed by atoms with Crippen molar-refractivity contribution in [1.29, 1.82) is 0 Å². The van der Waals surface area contributed by atoms with Crippen LogP contribution in [-0.4, -0.2) is 12.5 Å². The van der Waals surface area contributed by atoms with Gasteiger partial charge in [-0.3, -0.25) is 4.79 Å². The number of hydrogen-bond acceptors (Lipinski definition) is 3. The van der Waals surface area contributed by atoms with E-state index in [1.54, 1.807) is 11.8 Å². The fraction of sp³-hybridized carbons (Fsp3) is 0.435. The third kappa shape index (κ3) is 8.03. The summed E-state index contributed by atoms with van der Waals surface area (Å²) < 4.78 is 7.14. The van der Waals surface area contributed by atoms with E-state index in [1.807, 2.05) is 12.1 Å². The van der Waals surface area contributed by atoms with Crippen molar-refractivity contribution in [3.05, 3.63) is 45.5 Å². The lowest BCUT2D eigenvalue weighted by Crippen LogP contribution is -2.09.